The molecule has 0 radical (unpaired) electrons. The van der Waals surface area contributed by atoms with Crippen LogP contribution < -0.4 is 0 Å². The van der Waals surface area contributed by atoms with E-state index in [4.69, 9.17) is 4.52 Å². The van der Waals surface area contributed by atoms with Gasteiger partial charge in [-0.15, -0.1) is 0 Å². The summed E-state index contributed by atoms with van der Waals surface area (Å²) in [5, 5.41) is 3.88. The zero-order valence-electron chi connectivity index (χ0n) is 14.0. The molecule has 0 saturated carbocycles. The van der Waals surface area contributed by atoms with Crippen LogP contribution in [0.3, 0.4) is 0 Å². The molecule has 7 heteroatoms. The van der Waals surface area contributed by atoms with Crippen molar-refractivity contribution in [1.29, 1.82) is 0 Å². The molecule has 0 aromatic carbocycles. The number of nitrogens with zero attached hydrogens (tertiary/aromatic N) is 4. The molecule has 1 fully saturated rings. The molecular formula is C17H22F2N4O. The van der Waals surface area contributed by atoms with E-state index in [2.05, 4.69) is 19.9 Å². The number of rotatable bonds is 6. The van der Waals surface area contributed by atoms with Crippen molar-refractivity contribution in [3.63, 3.8) is 0 Å². The highest BCUT2D eigenvalue weighted by molar-refractivity contribution is 5.10. The van der Waals surface area contributed by atoms with Crippen LogP contribution in [0.5, 0.6) is 0 Å². The number of halogens is 2. The molecule has 2 aromatic heterocycles. The van der Waals surface area contributed by atoms with Crippen molar-refractivity contribution in [2.45, 2.75) is 38.6 Å². The van der Waals surface area contributed by atoms with Crippen LogP contribution in [0.15, 0.2) is 29.0 Å². The summed E-state index contributed by atoms with van der Waals surface area (Å²) in [5.41, 5.74) is 1.64. The fourth-order valence-corrected chi connectivity index (χ4v) is 3.28. The van der Waals surface area contributed by atoms with Crippen molar-refractivity contribution < 1.29 is 13.3 Å². The molecule has 5 nitrogen and oxygen atoms in total. The average Bonchev–Trinajstić information content (AvgIpc) is 3.05. The number of likely N-dealkylation sites (tertiary alicyclic amines) is 1. The van der Waals surface area contributed by atoms with Gasteiger partial charge in [-0.3, -0.25) is 9.88 Å². The normalized spacial score (nSPS) is 21.7. The van der Waals surface area contributed by atoms with Crippen molar-refractivity contribution in [1.82, 2.24) is 19.9 Å². The van der Waals surface area contributed by atoms with E-state index in [1.165, 1.54) is 12.3 Å². The Kier molecular flexibility index (Phi) is 5.20. The third-order valence-corrected chi connectivity index (χ3v) is 4.25. The number of hydrogen-bond acceptors (Lipinski definition) is 5. The maximum atomic E-state index is 13.9. The summed E-state index contributed by atoms with van der Waals surface area (Å²) in [7, 11) is 1.95. The van der Waals surface area contributed by atoms with Gasteiger partial charge in [0.1, 0.15) is 12.0 Å². The Morgan fingerprint density at radius 1 is 1.38 bits per heavy atom. The highest BCUT2D eigenvalue weighted by Gasteiger charge is 2.33. The van der Waals surface area contributed by atoms with Crippen molar-refractivity contribution >= 4 is 0 Å². The first-order valence-electron chi connectivity index (χ1n) is 8.08. The zero-order chi connectivity index (χ0) is 17.1. The van der Waals surface area contributed by atoms with Crippen molar-refractivity contribution in [3.05, 3.63) is 47.4 Å². The Morgan fingerprint density at radius 2 is 2.21 bits per heavy atom. The fraction of sp³-hybridized carbons (Fsp3) is 0.529. The van der Waals surface area contributed by atoms with Gasteiger partial charge in [-0.1, -0.05) is 5.16 Å². The van der Waals surface area contributed by atoms with Crippen LogP contribution in [0.1, 0.15) is 23.4 Å². The van der Waals surface area contributed by atoms with Crippen molar-refractivity contribution in [2.24, 2.45) is 0 Å². The second-order valence-corrected chi connectivity index (χ2v) is 6.56. The van der Waals surface area contributed by atoms with Crippen LogP contribution >= 0.6 is 0 Å². The van der Waals surface area contributed by atoms with Gasteiger partial charge in [-0.25, -0.2) is 8.78 Å². The number of hydrogen-bond donors (Lipinski definition) is 0. The minimum Gasteiger partial charge on any atom is -0.360 e. The summed E-state index contributed by atoms with van der Waals surface area (Å²) in [6, 6.07) is 3.45. The number of pyridine rings is 1. The van der Waals surface area contributed by atoms with E-state index in [-0.39, 0.29) is 11.9 Å². The largest absolute Gasteiger partial charge is 0.360 e. The molecule has 1 saturated heterocycles. The Bertz CT molecular complexity index is 678. The zero-order valence-corrected chi connectivity index (χ0v) is 14.0. The summed E-state index contributed by atoms with van der Waals surface area (Å²) >= 11 is 0. The smallest absolute Gasteiger partial charge is 0.150 e. The third kappa shape index (κ3) is 4.36. The van der Waals surface area contributed by atoms with Crippen LogP contribution in [0.4, 0.5) is 8.78 Å². The standard InChI is InChI=1S/C17H22F2N4O/c1-12-3-17(24-21-12)11-23-9-15(19)5-16(23)10-22(2)8-13-4-14(18)7-20-6-13/h3-4,6-7,15-16H,5,8-11H2,1-2H3/t15-,16-/m0/s1. The number of likely N-dealkylation sites (N-methyl/N-ethyl adjacent to an activating group) is 1. The molecular weight excluding hydrogens is 314 g/mol. The second kappa shape index (κ2) is 7.36. The topological polar surface area (TPSA) is 45.4 Å². The lowest BCUT2D eigenvalue weighted by Gasteiger charge is -2.27. The molecule has 3 heterocycles. The first kappa shape index (κ1) is 17.0. The summed E-state index contributed by atoms with van der Waals surface area (Å²) in [5.74, 6) is 0.413. The number of aromatic nitrogens is 2. The Labute approximate surface area is 140 Å². The predicted octanol–water partition coefficient (Wildman–Crippen LogP) is 2.56. The second-order valence-electron chi connectivity index (χ2n) is 6.56. The SMILES string of the molecule is Cc1cc(CN2C[C@@H](F)C[C@H]2CN(C)Cc2cncc(F)c2)on1. The van der Waals surface area contributed by atoms with E-state index in [1.54, 1.807) is 6.20 Å². The molecule has 0 amide bonds. The Balaban J connectivity index is 1.59. The van der Waals surface area contributed by atoms with E-state index in [0.717, 1.165) is 17.0 Å². The lowest BCUT2D eigenvalue weighted by molar-refractivity contribution is 0.166. The van der Waals surface area contributed by atoms with Gasteiger partial charge < -0.3 is 9.42 Å². The minimum atomic E-state index is -0.830. The van der Waals surface area contributed by atoms with Gasteiger partial charge in [-0.2, -0.15) is 0 Å². The molecule has 2 atom stereocenters. The fourth-order valence-electron chi connectivity index (χ4n) is 3.28. The van der Waals surface area contributed by atoms with Crippen LogP contribution in [-0.4, -0.2) is 52.3 Å². The summed E-state index contributed by atoms with van der Waals surface area (Å²) < 4.78 is 32.4. The predicted molar refractivity (Wildman–Crippen MR) is 85.5 cm³/mol. The molecule has 0 unspecified atom stereocenters. The van der Waals surface area contributed by atoms with E-state index in [9.17, 15) is 8.78 Å². The molecule has 2 aromatic rings. The summed E-state index contributed by atoms with van der Waals surface area (Å²) in [4.78, 5) is 8.02. The molecule has 24 heavy (non-hydrogen) atoms. The lowest BCUT2D eigenvalue weighted by atomic mass is 10.2. The van der Waals surface area contributed by atoms with Gasteiger partial charge in [0.2, 0.25) is 0 Å². The van der Waals surface area contributed by atoms with Gasteiger partial charge in [0.25, 0.3) is 0 Å². The lowest BCUT2D eigenvalue weighted by Crippen LogP contribution is -2.38. The third-order valence-electron chi connectivity index (χ3n) is 4.25. The Hall–Kier alpha value is -1.86. The van der Waals surface area contributed by atoms with E-state index in [0.29, 0.717) is 32.6 Å². The van der Waals surface area contributed by atoms with Gasteiger partial charge in [0.05, 0.1) is 18.4 Å². The maximum absolute atomic E-state index is 13.9. The van der Waals surface area contributed by atoms with Gasteiger partial charge in [-0.05, 0) is 32.0 Å². The molecule has 0 aliphatic carbocycles. The summed E-state index contributed by atoms with van der Waals surface area (Å²) in [6.45, 7) is 4.10. The highest BCUT2D eigenvalue weighted by Crippen LogP contribution is 2.24. The van der Waals surface area contributed by atoms with Gasteiger partial charge in [0, 0.05) is 37.9 Å². The van der Waals surface area contributed by atoms with Crippen molar-refractivity contribution in [2.75, 3.05) is 20.1 Å². The van der Waals surface area contributed by atoms with Crippen LogP contribution in [0.2, 0.25) is 0 Å². The van der Waals surface area contributed by atoms with Gasteiger partial charge in [0.15, 0.2) is 5.76 Å². The number of aryl methyl sites for hydroxylation is 1. The van der Waals surface area contributed by atoms with E-state index in [1.807, 2.05) is 20.0 Å². The Morgan fingerprint density at radius 3 is 2.92 bits per heavy atom. The molecule has 1 aliphatic rings. The van der Waals surface area contributed by atoms with E-state index >= 15 is 0 Å². The molecule has 0 bridgehead atoms. The first-order chi connectivity index (χ1) is 11.5. The van der Waals surface area contributed by atoms with Crippen LogP contribution in [0, 0.1) is 12.7 Å². The maximum Gasteiger partial charge on any atom is 0.150 e. The average molecular weight is 336 g/mol. The molecule has 0 N–H and O–H groups in total. The highest BCUT2D eigenvalue weighted by atomic mass is 19.1. The molecule has 0 spiro atoms. The molecule has 3 rings (SSSR count). The van der Waals surface area contributed by atoms with Crippen LogP contribution in [-0.2, 0) is 13.1 Å². The molecule has 1 aliphatic heterocycles. The monoisotopic (exact) mass is 336 g/mol. The van der Waals surface area contributed by atoms with Crippen molar-refractivity contribution in [3.8, 4) is 0 Å². The quantitative estimate of drug-likeness (QED) is 0.811. The van der Waals surface area contributed by atoms with E-state index < -0.39 is 6.17 Å². The van der Waals surface area contributed by atoms with Crippen LogP contribution in [0.25, 0.3) is 0 Å². The minimum absolute atomic E-state index is 0.0944. The summed E-state index contributed by atoms with van der Waals surface area (Å²) in [6.07, 6.45) is 2.51. The van der Waals surface area contributed by atoms with Gasteiger partial charge >= 0.3 is 0 Å². The molecule has 130 valence electrons. The first-order valence-corrected chi connectivity index (χ1v) is 8.08. The number of alkyl halides is 1.